The van der Waals surface area contributed by atoms with Crippen molar-refractivity contribution >= 4 is 11.6 Å². The van der Waals surface area contributed by atoms with Crippen LogP contribution in [0.5, 0.6) is 0 Å². The molecule has 1 aromatic rings. The molecule has 2 rings (SSSR count). The van der Waals surface area contributed by atoms with Crippen LogP contribution in [0.25, 0.3) is 0 Å². The normalized spacial score (nSPS) is 16.5. The van der Waals surface area contributed by atoms with Gasteiger partial charge < -0.3 is 20.7 Å². The number of para-hydroxylation sites is 1. The van der Waals surface area contributed by atoms with Crippen LogP contribution in [-0.4, -0.2) is 45.9 Å². The average Bonchev–Trinajstić information content (AvgIpc) is 3.14. The van der Waals surface area contributed by atoms with Crippen molar-refractivity contribution in [1.82, 2.24) is 10.6 Å². The van der Waals surface area contributed by atoms with Crippen LogP contribution < -0.4 is 16.0 Å². The number of hydrogen-bond donors (Lipinski definition) is 3. The first kappa shape index (κ1) is 20.6. The SMILES string of the molecule is CCOCCC1(CNC(=NC)NCCCNc2ccccc2)CCCC1. The Morgan fingerprint density at radius 1 is 1.12 bits per heavy atom. The van der Waals surface area contributed by atoms with Gasteiger partial charge in [-0.05, 0) is 50.2 Å². The molecule has 5 nitrogen and oxygen atoms in total. The minimum Gasteiger partial charge on any atom is -0.385 e. The summed E-state index contributed by atoms with van der Waals surface area (Å²) >= 11 is 0. The van der Waals surface area contributed by atoms with Gasteiger partial charge in [0, 0.05) is 45.6 Å². The fourth-order valence-electron chi connectivity index (χ4n) is 3.65. The summed E-state index contributed by atoms with van der Waals surface area (Å²) in [5.74, 6) is 0.910. The van der Waals surface area contributed by atoms with E-state index in [1.807, 2.05) is 13.1 Å². The molecule has 0 atom stereocenters. The number of aliphatic imine (C=N–C) groups is 1. The van der Waals surface area contributed by atoms with Crippen LogP contribution in [0, 0.1) is 5.41 Å². The third kappa shape index (κ3) is 7.24. The van der Waals surface area contributed by atoms with Crippen molar-refractivity contribution in [2.24, 2.45) is 10.4 Å². The first-order chi connectivity index (χ1) is 12.8. The molecular formula is C21H36N4O. The lowest BCUT2D eigenvalue weighted by Crippen LogP contribution is -2.43. The van der Waals surface area contributed by atoms with E-state index in [0.717, 1.165) is 51.6 Å². The number of nitrogens with one attached hydrogen (secondary N) is 3. The van der Waals surface area contributed by atoms with Crippen molar-refractivity contribution in [3.63, 3.8) is 0 Å². The highest BCUT2D eigenvalue weighted by Crippen LogP contribution is 2.40. The fourth-order valence-corrected chi connectivity index (χ4v) is 3.65. The minimum atomic E-state index is 0.377. The van der Waals surface area contributed by atoms with E-state index >= 15 is 0 Å². The van der Waals surface area contributed by atoms with Crippen LogP contribution in [-0.2, 0) is 4.74 Å². The lowest BCUT2D eigenvalue weighted by atomic mass is 9.83. The Morgan fingerprint density at radius 3 is 2.58 bits per heavy atom. The minimum absolute atomic E-state index is 0.377. The molecule has 0 spiro atoms. The molecule has 0 aromatic heterocycles. The third-order valence-corrected chi connectivity index (χ3v) is 5.25. The molecule has 0 saturated heterocycles. The average molecular weight is 361 g/mol. The number of anilines is 1. The van der Waals surface area contributed by atoms with E-state index in [2.05, 4.69) is 52.1 Å². The molecule has 26 heavy (non-hydrogen) atoms. The maximum atomic E-state index is 5.60. The fraction of sp³-hybridized carbons (Fsp3) is 0.667. The highest BCUT2D eigenvalue weighted by Gasteiger charge is 2.33. The zero-order valence-electron chi connectivity index (χ0n) is 16.5. The standard InChI is InChI=1S/C21H36N4O/c1-3-26-17-14-21(12-7-8-13-21)18-25-20(22-2)24-16-9-15-23-19-10-5-4-6-11-19/h4-6,10-11,23H,3,7-9,12-18H2,1-2H3,(H2,22,24,25). The van der Waals surface area contributed by atoms with Gasteiger partial charge in [-0.25, -0.2) is 0 Å². The van der Waals surface area contributed by atoms with E-state index < -0.39 is 0 Å². The largest absolute Gasteiger partial charge is 0.385 e. The lowest BCUT2D eigenvalue weighted by Gasteiger charge is -2.30. The third-order valence-electron chi connectivity index (χ3n) is 5.25. The summed E-state index contributed by atoms with van der Waals surface area (Å²) in [7, 11) is 1.85. The predicted molar refractivity (Wildman–Crippen MR) is 111 cm³/mol. The molecule has 0 radical (unpaired) electrons. The lowest BCUT2D eigenvalue weighted by molar-refractivity contribution is 0.105. The quantitative estimate of drug-likeness (QED) is 0.320. The topological polar surface area (TPSA) is 57.7 Å². The van der Waals surface area contributed by atoms with E-state index in [1.54, 1.807) is 0 Å². The molecule has 0 amide bonds. The summed E-state index contributed by atoms with van der Waals surface area (Å²) in [6.45, 7) is 6.59. The van der Waals surface area contributed by atoms with Crippen LogP contribution >= 0.6 is 0 Å². The first-order valence-corrected chi connectivity index (χ1v) is 10.1. The summed E-state index contributed by atoms with van der Waals surface area (Å²) in [4.78, 5) is 4.38. The van der Waals surface area contributed by atoms with Crippen LogP contribution in [0.2, 0.25) is 0 Å². The van der Waals surface area contributed by atoms with Crippen molar-refractivity contribution in [2.75, 3.05) is 45.2 Å². The molecule has 5 heteroatoms. The number of benzene rings is 1. The van der Waals surface area contributed by atoms with Crippen molar-refractivity contribution in [1.29, 1.82) is 0 Å². The Balaban J connectivity index is 1.64. The van der Waals surface area contributed by atoms with Crippen molar-refractivity contribution in [3.8, 4) is 0 Å². The van der Waals surface area contributed by atoms with Crippen LogP contribution in [0.15, 0.2) is 35.3 Å². The second-order valence-corrected chi connectivity index (χ2v) is 7.15. The van der Waals surface area contributed by atoms with E-state index in [0.29, 0.717) is 5.41 Å². The molecule has 1 aliphatic carbocycles. The summed E-state index contributed by atoms with van der Waals surface area (Å²) in [5, 5.41) is 10.4. The monoisotopic (exact) mass is 360 g/mol. The Morgan fingerprint density at radius 2 is 1.88 bits per heavy atom. The molecular weight excluding hydrogens is 324 g/mol. The Hall–Kier alpha value is -1.75. The number of ether oxygens (including phenoxy) is 1. The molecule has 0 aliphatic heterocycles. The van der Waals surface area contributed by atoms with Gasteiger partial charge in [0.1, 0.15) is 0 Å². The van der Waals surface area contributed by atoms with E-state index in [1.165, 1.54) is 31.4 Å². The predicted octanol–water partition coefficient (Wildman–Crippen LogP) is 3.64. The summed E-state index contributed by atoms with van der Waals surface area (Å²) in [5.41, 5.74) is 1.55. The maximum Gasteiger partial charge on any atom is 0.190 e. The van der Waals surface area contributed by atoms with Gasteiger partial charge in [0.15, 0.2) is 5.96 Å². The number of hydrogen-bond acceptors (Lipinski definition) is 3. The van der Waals surface area contributed by atoms with Gasteiger partial charge in [-0.1, -0.05) is 31.0 Å². The number of guanidine groups is 1. The molecule has 1 aliphatic rings. The number of rotatable bonds is 11. The summed E-state index contributed by atoms with van der Waals surface area (Å²) in [6.07, 6.45) is 7.46. The van der Waals surface area contributed by atoms with Crippen molar-refractivity contribution < 1.29 is 4.74 Å². The van der Waals surface area contributed by atoms with Gasteiger partial charge >= 0.3 is 0 Å². The van der Waals surface area contributed by atoms with Gasteiger partial charge in [0.2, 0.25) is 0 Å². The molecule has 146 valence electrons. The smallest absolute Gasteiger partial charge is 0.190 e. The first-order valence-electron chi connectivity index (χ1n) is 10.1. The Labute approximate surface area is 159 Å². The van der Waals surface area contributed by atoms with E-state index in [4.69, 9.17) is 4.74 Å². The Kier molecular flexibility index (Phi) is 9.32. The molecule has 1 aromatic carbocycles. The second kappa shape index (κ2) is 11.8. The second-order valence-electron chi connectivity index (χ2n) is 7.15. The zero-order valence-corrected chi connectivity index (χ0v) is 16.5. The molecule has 0 heterocycles. The summed E-state index contributed by atoms with van der Waals surface area (Å²) < 4.78 is 5.60. The van der Waals surface area contributed by atoms with Crippen LogP contribution in [0.4, 0.5) is 5.69 Å². The highest BCUT2D eigenvalue weighted by molar-refractivity contribution is 5.79. The van der Waals surface area contributed by atoms with E-state index in [-0.39, 0.29) is 0 Å². The zero-order chi connectivity index (χ0) is 18.5. The van der Waals surface area contributed by atoms with Gasteiger partial charge in [0.05, 0.1) is 0 Å². The highest BCUT2D eigenvalue weighted by atomic mass is 16.5. The molecule has 1 saturated carbocycles. The molecule has 0 unspecified atom stereocenters. The molecule has 1 fully saturated rings. The summed E-state index contributed by atoms with van der Waals surface area (Å²) in [6, 6.07) is 10.3. The van der Waals surface area contributed by atoms with Crippen molar-refractivity contribution in [3.05, 3.63) is 30.3 Å². The van der Waals surface area contributed by atoms with Crippen LogP contribution in [0.1, 0.15) is 45.4 Å². The van der Waals surface area contributed by atoms with Gasteiger partial charge in [-0.2, -0.15) is 0 Å². The van der Waals surface area contributed by atoms with Gasteiger partial charge in [-0.15, -0.1) is 0 Å². The van der Waals surface area contributed by atoms with Gasteiger partial charge in [0.25, 0.3) is 0 Å². The van der Waals surface area contributed by atoms with Crippen molar-refractivity contribution in [2.45, 2.75) is 45.4 Å². The molecule has 3 N–H and O–H groups in total. The van der Waals surface area contributed by atoms with E-state index in [9.17, 15) is 0 Å². The number of nitrogens with zero attached hydrogens (tertiary/aromatic N) is 1. The van der Waals surface area contributed by atoms with Gasteiger partial charge in [-0.3, -0.25) is 4.99 Å². The Bertz CT molecular complexity index is 512. The van der Waals surface area contributed by atoms with Crippen LogP contribution in [0.3, 0.4) is 0 Å². The molecule has 0 bridgehead atoms. The maximum absolute atomic E-state index is 5.60.